The highest BCUT2D eigenvalue weighted by molar-refractivity contribution is 6.31. The Labute approximate surface area is 95.5 Å². The van der Waals surface area contributed by atoms with Gasteiger partial charge in [0, 0.05) is 5.02 Å². The summed E-state index contributed by atoms with van der Waals surface area (Å²) < 4.78 is 1.30. The van der Waals surface area contributed by atoms with Gasteiger partial charge in [-0.15, -0.1) is 5.10 Å². The molecule has 0 saturated heterocycles. The van der Waals surface area contributed by atoms with Crippen LogP contribution in [0.1, 0.15) is 15.9 Å². The van der Waals surface area contributed by atoms with Crippen LogP contribution in [-0.4, -0.2) is 31.3 Å². The normalized spacial score (nSPS) is 10.4. The van der Waals surface area contributed by atoms with Gasteiger partial charge in [-0.2, -0.15) is 4.68 Å². The Morgan fingerprint density at radius 1 is 1.50 bits per heavy atom. The molecule has 6 nitrogen and oxygen atoms in total. The molecule has 16 heavy (non-hydrogen) atoms. The van der Waals surface area contributed by atoms with Crippen LogP contribution in [0, 0.1) is 6.92 Å². The molecule has 0 aliphatic heterocycles. The number of tetrazole rings is 1. The molecule has 0 fully saturated rings. The number of rotatable bonds is 2. The van der Waals surface area contributed by atoms with Crippen LogP contribution < -0.4 is 0 Å². The molecule has 7 heteroatoms. The van der Waals surface area contributed by atoms with E-state index in [0.29, 0.717) is 16.3 Å². The molecule has 0 bridgehead atoms. The number of nitrogens with zero attached hydrogens (tertiary/aromatic N) is 4. The van der Waals surface area contributed by atoms with Crippen molar-refractivity contribution in [1.29, 1.82) is 0 Å². The number of benzene rings is 1. The van der Waals surface area contributed by atoms with E-state index in [4.69, 9.17) is 16.7 Å². The Hall–Kier alpha value is -1.95. The first-order chi connectivity index (χ1) is 7.59. The summed E-state index contributed by atoms with van der Waals surface area (Å²) in [6, 6.07) is 3.03. The van der Waals surface area contributed by atoms with Crippen molar-refractivity contribution in [2.75, 3.05) is 0 Å². The lowest BCUT2D eigenvalue weighted by atomic mass is 10.1. The molecule has 1 heterocycles. The van der Waals surface area contributed by atoms with Crippen LogP contribution in [0.15, 0.2) is 18.5 Å². The maximum Gasteiger partial charge on any atom is 0.337 e. The number of hydrogen-bond acceptors (Lipinski definition) is 4. The fourth-order valence-electron chi connectivity index (χ4n) is 1.47. The summed E-state index contributed by atoms with van der Waals surface area (Å²) in [5, 5.41) is 20.0. The van der Waals surface area contributed by atoms with Crippen molar-refractivity contribution in [3.63, 3.8) is 0 Å². The van der Waals surface area contributed by atoms with Gasteiger partial charge in [0.1, 0.15) is 6.33 Å². The lowest BCUT2D eigenvalue weighted by Crippen LogP contribution is -2.08. The first-order valence-electron chi connectivity index (χ1n) is 4.36. The fourth-order valence-corrected chi connectivity index (χ4v) is 1.74. The highest BCUT2D eigenvalue weighted by Gasteiger charge is 2.16. The highest BCUT2D eigenvalue weighted by Crippen LogP contribution is 2.23. The molecule has 0 atom stereocenters. The maximum atomic E-state index is 11.1. The summed E-state index contributed by atoms with van der Waals surface area (Å²) in [5.41, 5.74) is 1.18. The third-order valence-corrected chi connectivity index (χ3v) is 2.29. The molecular weight excluding hydrogens is 232 g/mol. The Morgan fingerprint density at radius 2 is 2.25 bits per heavy atom. The topological polar surface area (TPSA) is 80.9 Å². The van der Waals surface area contributed by atoms with Crippen LogP contribution in [-0.2, 0) is 0 Å². The number of carbonyl (C=O) groups is 1. The number of carboxylic acid groups (broad SMARTS) is 1. The van der Waals surface area contributed by atoms with Gasteiger partial charge in [-0.05, 0) is 35.0 Å². The van der Waals surface area contributed by atoms with Crippen molar-refractivity contribution in [1.82, 2.24) is 20.2 Å². The van der Waals surface area contributed by atoms with Gasteiger partial charge in [0.2, 0.25) is 0 Å². The van der Waals surface area contributed by atoms with Gasteiger partial charge in [-0.1, -0.05) is 11.6 Å². The van der Waals surface area contributed by atoms with Crippen LogP contribution in [0.4, 0.5) is 0 Å². The molecule has 1 aromatic heterocycles. The first-order valence-corrected chi connectivity index (χ1v) is 4.74. The Morgan fingerprint density at radius 3 is 2.81 bits per heavy atom. The van der Waals surface area contributed by atoms with Crippen molar-refractivity contribution in [2.24, 2.45) is 0 Å². The van der Waals surface area contributed by atoms with Crippen LogP contribution in [0.3, 0.4) is 0 Å². The van der Waals surface area contributed by atoms with Gasteiger partial charge >= 0.3 is 5.97 Å². The third-order valence-electron chi connectivity index (χ3n) is 2.07. The van der Waals surface area contributed by atoms with E-state index in [1.165, 1.54) is 17.1 Å². The Bertz CT molecular complexity index is 539. The van der Waals surface area contributed by atoms with Crippen molar-refractivity contribution in [2.45, 2.75) is 6.92 Å². The van der Waals surface area contributed by atoms with Gasteiger partial charge in [0.25, 0.3) is 0 Å². The monoisotopic (exact) mass is 238 g/mol. The maximum absolute atomic E-state index is 11.1. The molecule has 0 aliphatic rings. The van der Waals surface area contributed by atoms with Crippen LogP contribution in [0.2, 0.25) is 5.02 Å². The molecule has 1 N–H and O–H groups in total. The molecule has 0 unspecified atom stereocenters. The molecular formula is C9H7ClN4O2. The summed E-state index contributed by atoms with van der Waals surface area (Å²) in [4.78, 5) is 11.1. The minimum Gasteiger partial charge on any atom is -0.478 e. The molecule has 2 aromatic rings. The van der Waals surface area contributed by atoms with Crippen molar-refractivity contribution in [3.05, 3.63) is 34.6 Å². The average Bonchev–Trinajstić information content (AvgIpc) is 2.69. The molecule has 0 amide bonds. The molecule has 0 radical (unpaired) electrons. The highest BCUT2D eigenvalue weighted by atomic mass is 35.5. The predicted molar refractivity (Wildman–Crippen MR) is 55.9 cm³/mol. The minimum absolute atomic E-state index is 0.0669. The number of aryl methyl sites for hydroxylation is 1. The van der Waals surface area contributed by atoms with E-state index in [1.54, 1.807) is 13.0 Å². The fraction of sp³-hybridized carbons (Fsp3) is 0.111. The zero-order valence-corrected chi connectivity index (χ0v) is 9.01. The van der Waals surface area contributed by atoms with Crippen molar-refractivity contribution < 1.29 is 9.90 Å². The van der Waals surface area contributed by atoms with Gasteiger partial charge in [-0.25, -0.2) is 4.79 Å². The van der Waals surface area contributed by atoms with E-state index >= 15 is 0 Å². The van der Waals surface area contributed by atoms with E-state index in [-0.39, 0.29) is 5.56 Å². The SMILES string of the molecule is Cc1cc(Cl)cc(C(=O)O)c1-n1cnnn1. The lowest BCUT2D eigenvalue weighted by molar-refractivity contribution is 0.0696. The predicted octanol–water partition coefficient (Wildman–Crippen LogP) is 1.32. The summed E-state index contributed by atoms with van der Waals surface area (Å²) in [5.74, 6) is -1.07. The Kier molecular flexibility index (Phi) is 2.57. The van der Waals surface area contributed by atoms with Gasteiger partial charge in [-0.3, -0.25) is 0 Å². The van der Waals surface area contributed by atoms with Crippen LogP contribution >= 0.6 is 11.6 Å². The van der Waals surface area contributed by atoms with Crippen LogP contribution in [0.5, 0.6) is 0 Å². The summed E-state index contributed by atoms with van der Waals surface area (Å²) in [7, 11) is 0. The minimum atomic E-state index is -1.07. The standard InChI is InChI=1S/C9H7ClN4O2/c1-5-2-6(10)3-7(9(15)16)8(5)14-4-11-12-13-14/h2-4H,1H3,(H,15,16). The quantitative estimate of drug-likeness (QED) is 0.853. The van der Waals surface area contributed by atoms with E-state index in [1.807, 2.05) is 0 Å². The molecule has 0 saturated carbocycles. The first kappa shape index (κ1) is 10.6. The second kappa shape index (κ2) is 3.90. The largest absolute Gasteiger partial charge is 0.478 e. The number of carboxylic acids is 1. The van der Waals surface area contributed by atoms with E-state index in [0.717, 1.165) is 0 Å². The van der Waals surface area contributed by atoms with Gasteiger partial charge in [0.05, 0.1) is 11.3 Å². The zero-order chi connectivity index (χ0) is 11.7. The molecule has 0 aliphatic carbocycles. The van der Waals surface area contributed by atoms with Crippen molar-refractivity contribution >= 4 is 17.6 Å². The Balaban J connectivity index is 2.72. The van der Waals surface area contributed by atoms with Crippen molar-refractivity contribution in [3.8, 4) is 5.69 Å². The third kappa shape index (κ3) is 1.74. The molecule has 1 aromatic carbocycles. The van der Waals surface area contributed by atoms with E-state index in [9.17, 15) is 4.79 Å². The molecule has 0 spiro atoms. The van der Waals surface area contributed by atoms with E-state index in [2.05, 4.69) is 15.5 Å². The molecule has 82 valence electrons. The van der Waals surface area contributed by atoms with Crippen LogP contribution in [0.25, 0.3) is 5.69 Å². The second-order valence-electron chi connectivity index (χ2n) is 3.18. The molecule has 2 rings (SSSR count). The summed E-state index contributed by atoms with van der Waals surface area (Å²) >= 11 is 5.80. The summed E-state index contributed by atoms with van der Waals surface area (Å²) in [6.07, 6.45) is 1.34. The van der Waals surface area contributed by atoms with Gasteiger partial charge < -0.3 is 5.11 Å². The number of aromatic nitrogens is 4. The summed E-state index contributed by atoms with van der Waals surface area (Å²) in [6.45, 7) is 1.75. The van der Waals surface area contributed by atoms with Gasteiger partial charge in [0.15, 0.2) is 0 Å². The zero-order valence-electron chi connectivity index (χ0n) is 8.25. The smallest absolute Gasteiger partial charge is 0.337 e. The lowest BCUT2D eigenvalue weighted by Gasteiger charge is -2.08. The second-order valence-corrected chi connectivity index (χ2v) is 3.61. The number of hydrogen-bond donors (Lipinski definition) is 1. The van der Waals surface area contributed by atoms with E-state index < -0.39 is 5.97 Å². The number of halogens is 1. The number of aromatic carboxylic acids is 1. The average molecular weight is 239 g/mol.